The van der Waals surface area contributed by atoms with Crippen LogP contribution in [-0.4, -0.2) is 37.8 Å². The highest BCUT2D eigenvalue weighted by atomic mass is 16.5. The van der Waals surface area contributed by atoms with Crippen LogP contribution in [0.2, 0.25) is 0 Å². The maximum Gasteiger partial charge on any atom is 0.168 e. The summed E-state index contributed by atoms with van der Waals surface area (Å²) in [5.41, 5.74) is 1.32. The van der Waals surface area contributed by atoms with Gasteiger partial charge in [-0.15, -0.1) is 5.10 Å². The molecule has 0 spiro atoms. The van der Waals surface area contributed by atoms with Gasteiger partial charge in [0.1, 0.15) is 5.75 Å². The molecule has 6 heteroatoms. The Hall–Kier alpha value is -1.95. The average molecular weight is 355 g/mol. The summed E-state index contributed by atoms with van der Waals surface area (Å²) in [6, 6.07) is 8.88. The Morgan fingerprint density at radius 1 is 1.08 bits per heavy atom. The summed E-state index contributed by atoms with van der Waals surface area (Å²) < 4.78 is 7.78. The van der Waals surface area contributed by atoms with E-state index in [1.807, 2.05) is 4.68 Å². The third-order valence-corrected chi connectivity index (χ3v) is 5.59. The lowest BCUT2D eigenvalue weighted by Gasteiger charge is -2.40. The monoisotopic (exact) mass is 355 g/mol. The zero-order chi connectivity index (χ0) is 17.9. The molecule has 26 heavy (non-hydrogen) atoms. The van der Waals surface area contributed by atoms with E-state index in [-0.39, 0.29) is 6.10 Å². The molecule has 1 aliphatic carbocycles. The Morgan fingerprint density at radius 2 is 1.85 bits per heavy atom. The number of fused-ring (bicyclic) bond motifs is 1. The van der Waals surface area contributed by atoms with Crippen molar-refractivity contribution in [2.24, 2.45) is 5.92 Å². The van der Waals surface area contributed by atoms with Crippen LogP contribution in [0.15, 0.2) is 24.3 Å². The Labute approximate surface area is 155 Å². The summed E-state index contributed by atoms with van der Waals surface area (Å²) in [6.07, 6.45) is 6.81. The molecule has 1 aromatic heterocycles. The highest BCUT2D eigenvalue weighted by Crippen LogP contribution is 2.39. The number of hydrogen-bond acceptors (Lipinski definition) is 5. The van der Waals surface area contributed by atoms with Crippen LogP contribution < -0.4 is 4.74 Å². The lowest BCUT2D eigenvalue weighted by molar-refractivity contribution is 0.0731. The van der Waals surface area contributed by atoms with Crippen LogP contribution in [0.25, 0.3) is 0 Å². The number of rotatable bonds is 5. The molecule has 0 radical (unpaired) electrons. The molecule has 2 aliphatic rings. The molecule has 1 fully saturated rings. The maximum absolute atomic E-state index is 5.77. The van der Waals surface area contributed by atoms with Crippen molar-refractivity contribution >= 4 is 0 Å². The van der Waals surface area contributed by atoms with Gasteiger partial charge in [-0.3, -0.25) is 4.90 Å². The van der Waals surface area contributed by atoms with E-state index in [0.717, 1.165) is 31.2 Å². The fraction of sp³-hybridized carbons (Fsp3) is 0.650. The second-order valence-corrected chi connectivity index (χ2v) is 7.88. The zero-order valence-corrected chi connectivity index (χ0v) is 15.8. The summed E-state index contributed by atoms with van der Waals surface area (Å²) in [5.74, 6) is 2.66. The lowest BCUT2D eigenvalue weighted by atomic mass is 9.82. The molecule has 140 valence electrons. The van der Waals surface area contributed by atoms with Crippen molar-refractivity contribution in [1.29, 1.82) is 0 Å². The van der Waals surface area contributed by atoms with Crippen molar-refractivity contribution in [3.63, 3.8) is 0 Å². The molecule has 0 N–H and O–H groups in total. The minimum Gasteiger partial charge on any atom is -0.491 e. The van der Waals surface area contributed by atoms with E-state index in [1.165, 1.54) is 37.7 Å². The van der Waals surface area contributed by atoms with Gasteiger partial charge in [-0.2, -0.15) is 0 Å². The van der Waals surface area contributed by atoms with Gasteiger partial charge in [0.15, 0.2) is 5.82 Å². The first-order valence-corrected chi connectivity index (χ1v) is 9.96. The van der Waals surface area contributed by atoms with Crippen molar-refractivity contribution in [2.75, 3.05) is 6.54 Å². The van der Waals surface area contributed by atoms with Gasteiger partial charge >= 0.3 is 0 Å². The fourth-order valence-electron chi connectivity index (χ4n) is 4.42. The number of tetrazole rings is 1. The van der Waals surface area contributed by atoms with Gasteiger partial charge in [0.25, 0.3) is 0 Å². The first-order valence-electron chi connectivity index (χ1n) is 9.96. The van der Waals surface area contributed by atoms with Gasteiger partial charge in [-0.05, 0) is 60.7 Å². The first kappa shape index (κ1) is 17.5. The van der Waals surface area contributed by atoms with Crippen LogP contribution in [0.3, 0.4) is 0 Å². The number of ether oxygens (including phenoxy) is 1. The molecular weight excluding hydrogens is 326 g/mol. The molecule has 1 unspecified atom stereocenters. The fourth-order valence-corrected chi connectivity index (χ4v) is 4.42. The lowest BCUT2D eigenvalue weighted by Crippen LogP contribution is -2.42. The van der Waals surface area contributed by atoms with Crippen LogP contribution in [-0.2, 0) is 13.1 Å². The molecule has 1 atom stereocenters. The van der Waals surface area contributed by atoms with E-state index in [0.29, 0.717) is 12.0 Å². The Bertz CT molecular complexity index is 705. The third-order valence-electron chi connectivity index (χ3n) is 5.59. The average Bonchev–Trinajstić information content (AvgIpc) is 3.12. The topological polar surface area (TPSA) is 56.1 Å². The Balaban J connectivity index is 1.52. The van der Waals surface area contributed by atoms with Gasteiger partial charge in [0.05, 0.1) is 18.7 Å². The number of benzene rings is 1. The molecule has 2 aromatic rings. The summed E-state index contributed by atoms with van der Waals surface area (Å²) in [7, 11) is 0. The smallest absolute Gasteiger partial charge is 0.168 e. The largest absolute Gasteiger partial charge is 0.491 e. The molecule has 2 heterocycles. The standard InChI is InChI=1S/C20H29N5O/c1-15(2)26-18-10-8-16(9-11-18)14-24-12-13-25-20(21-22-23-25)19(24)17-6-4-3-5-7-17/h8-11,15,17,19H,3-7,12-14H2,1-2H3. The number of aromatic nitrogens is 4. The van der Waals surface area contributed by atoms with Crippen LogP contribution in [0.5, 0.6) is 5.75 Å². The van der Waals surface area contributed by atoms with E-state index in [9.17, 15) is 0 Å². The minimum atomic E-state index is 0.206. The van der Waals surface area contributed by atoms with Crippen LogP contribution >= 0.6 is 0 Å². The molecule has 1 saturated carbocycles. The molecule has 0 saturated heterocycles. The van der Waals surface area contributed by atoms with Gasteiger partial charge in [-0.1, -0.05) is 31.4 Å². The summed E-state index contributed by atoms with van der Waals surface area (Å²) in [5, 5.41) is 12.5. The SMILES string of the molecule is CC(C)Oc1ccc(CN2CCn3nnnc3C2C2CCCCC2)cc1. The van der Waals surface area contributed by atoms with Crippen LogP contribution in [0.4, 0.5) is 0 Å². The van der Waals surface area contributed by atoms with E-state index in [2.05, 4.69) is 58.5 Å². The maximum atomic E-state index is 5.77. The molecule has 6 nitrogen and oxygen atoms in total. The Morgan fingerprint density at radius 3 is 2.58 bits per heavy atom. The van der Waals surface area contributed by atoms with Crippen LogP contribution in [0.1, 0.15) is 63.4 Å². The summed E-state index contributed by atoms with van der Waals surface area (Å²) in [6.45, 7) is 6.93. The molecule has 0 bridgehead atoms. The predicted molar refractivity (Wildman–Crippen MR) is 99.7 cm³/mol. The summed E-state index contributed by atoms with van der Waals surface area (Å²) >= 11 is 0. The van der Waals surface area contributed by atoms with Gasteiger partial charge < -0.3 is 4.74 Å². The van der Waals surface area contributed by atoms with Gasteiger partial charge in [-0.25, -0.2) is 4.68 Å². The molecule has 1 aliphatic heterocycles. The van der Waals surface area contributed by atoms with E-state index >= 15 is 0 Å². The number of nitrogens with zero attached hydrogens (tertiary/aromatic N) is 5. The van der Waals surface area contributed by atoms with Crippen molar-refractivity contribution in [3.05, 3.63) is 35.7 Å². The highest BCUT2D eigenvalue weighted by Gasteiger charge is 2.36. The van der Waals surface area contributed by atoms with E-state index < -0.39 is 0 Å². The van der Waals surface area contributed by atoms with E-state index in [1.54, 1.807) is 0 Å². The van der Waals surface area contributed by atoms with Crippen molar-refractivity contribution in [2.45, 2.75) is 71.2 Å². The predicted octanol–water partition coefficient (Wildman–Crippen LogP) is 3.60. The molecule has 4 rings (SSSR count). The normalized spacial score (nSPS) is 21.7. The van der Waals surface area contributed by atoms with Gasteiger partial charge in [0, 0.05) is 13.1 Å². The quantitative estimate of drug-likeness (QED) is 0.820. The second kappa shape index (κ2) is 7.74. The minimum absolute atomic E-state index is 0.206. The third kappa shape index (κ3) is 3.75. The van der Waals surface area contributed by atoms with Crippen LogP contribution in [0, 0.1) is 5.92 Å². The molecular formula is C20H29N5O. The zero-order valence-electron chi connectivity index (χ0n) is 15.8. The summed E-state index contributed by atoms with van der Waals surface area (Å²) in [4.78, 5) is 2.58. The first-order chi connectivity index (χ1) is 12.7. The Kier molecular flexibility index (Phi) is 5.20. The van der Waals surface area contributed by atoms with Crippen molar-refractivity contribution in [1.82, 2.24) is 25.1 Å². The van der Waals surface area contributed by atoms with Crippen molar-refractivity contribution in [3.8, 4) is 5.75 Å². The number of hydrogen-bond donors (Lipinski definition) is 0. The molecule has 0 amide bonds. The van der Waals surface area contributed by atoms with E-state index in [4.69, 9.17) is 4.74 Å². The van der Waals surface area contributed by atoms with Crippen molar-refractivity contribution < 1.29 is 4.74 Å². The highest BCUT2D eigenvalue weighted by molar-refractivity contribution is 5.27. The second-order valence-electron chi connectivity index (χ2n) is 7.88. The van der Waals surface area contributed by atoms with Gasteiger partial charge in [0.2, 0.25) is 0 Å². The molecule has 1 aromatic carbocycles.